The summed E-state index contributed by atoms with van der Waals surface area (Å²) in [5.41, 5.74) is 16.0. The van der Waals surface area contributed by atoms with E-state index in [2.05, 4.69) is 157 Å². The highest BCUT2D eigenvalue weighted by atomic mass is 32.1. The summed E-state index contributed by atoms with van der Waals surface area (Å²) in [6.45, 7) is 0. The Morgan fingerprint density at radius 1 is 0.448 bits per heavy atom. The van der Waals surface area contributed by atoms with E-state index in [4.69, 9.17) is 15.0 Å². The van der Waals surface area contributed by atoms with E-state index in [-0.39, 0.29) is 0 Å². The van der Waals surface area contributed by atoms with E-state index in [0.717, 1.165) is 39.3 Å². The van der Waals surface area contributed by atoms with Gasteiger partial charge in [-0.15, -0.1) is 11.3 Å². The minimum atomic E-state index is -0.585. The Bertz CT molecular complexity index is 3280. The van der Waals surface area contributed by atoms with Gasteiger partial charge in [0, 0.05) is 61.0 Å². The number of aromatic nitrogens is 4. The van der Waals surface area contributed by atoms with Crippen molar-refractivity contribution < 1.29 is 0 Å². The molecule has 0 saturated carbocycles. The van der Waals surface area contributed by atoms with Crippen molar-refractivity contribution in [1.29, 1.82) is 0 Å². The maximum atomic E-state index is 5.31. The molecule has 4 nitrogen and oxygen atoms in total. The zero-order chi connectivity index (χ0) is 38.2. The summed E-state index contributed by atoms with van der Waals surface area (Å²) in [6, 6.07) is 59.0. The van der Waals surface area contributed by atoms with Crippen molar-refractivity contribution in [2.24, 2.45) is 0 Å². The number of nitrogens with zero attached hydrogens (tertiary/aromatic N) is 4. The number of rotatable bonds is 4. The highest BCUT2D eigenvalue weighted by Gasteiger charge is 2.49. The Morgan fingerprint density at radius 2 is 1.19 bits per heavy atom. The van der Waals surface area contributed by atoms with Crippen LogP contribution in [0.15, 0.2) is 182 Å². The number of thiophene rings is 1. The Morgan fingerprint density at radius 3 is 2.03 bits per heavy atom. The molecule has 1 unspecified atom stereocenters. The largest absolute Gasteiger partial charge is 0.264 e. The third kappa shape index (κ3) is 4.87. The van der Waals surface area contributed by atoms with Crippen LogP contribution < -0.4 is 0 Å². The average molecular weight is 757 g/mol. The van der Waals surface area contributed by atoms with E-state index in [0.29, 0.717) is 5.82 Å². The second-order valence-corrected chi connectivity index (χ2v) is 16.1. The molecule has 2 aliphatic rings. The van der Waals surface area contributed by atoms with Crippen molar-refractivity contribution >= 4 is 43.7 Å². The van der Waals surface area contributed by atoms with Gasteiger partial charge < -0.3 is 0 Å². The molecule has 1 spiro atoms. The number of fused-ring (bicyclic) bond motifs is 13. The first-order valence-electron chi connectivity index (χ1n) is 19.5. The molecule has 4 aromatic heterocycles. The minimum absolute atomic E-state index is 0.585. The molecule has 1 atom stereocenters. The highest BCUT2D eigenvalue weighted by Crippen LogP contribution is 2.61. The van der Waals surface area contributed by atoms with Gasteiger partial charge in [-0.2, -0.15) is 0 Å². The van der Waals surface area contributed by atoms with Crippen LogP contribution >= 0.6 is 11.3 Å². The molecule has 2 aliphatic carbocycles. The van der Waals surface area contributed by atoms with Crippen LogP contribution in [0.4, 0.5) is 0 Å². The Balaban J connectivity index is 1.12. The molecule has 0 aliphatic heterocycles. The predicted octanol–water partition coefficient (Wildman–Crippen LogP) is 13.1. The van der Waals surface area contributed by atoms with Crippen molar-refractivity contribution in [2.75, 3.05) is 0 Å². The lowest BCUT2D eigenvalue weighted by Gasteiger charge is -2.35. The van der Waals surface area contributed by atoms with Crippen LogP contribution in [-0.4, -0.2) is 19.9 Å². The Kier molecular flexibility index (Phi) is 7.28. The van der Waals surface area contributed by atoms with Crippen LogP contribution in [0.3, 0.4) is 0 Å². The van der Waals surface area contributed by atoms with Gasteiger partial charge in [-0.05, 0) is 93.0 Å². The Hall–Kier alpha value is -7.34. The summed E-state index contributed by atoms with van der Waals surface area (Å²) in [6.07, 6.45) is 10.1. The van der Waals surface area contributed by atoms with Crippen LogP contribution in [0.1, 0.15) is 33.4 Å². The van der Waals surface area contributed by atoms with E-state index in [1.165, 1.54) is 64.7 Å². The van der Waals surface area contributed by atoms with Gasteiger partial charge in [0.05, 0.1) is 22.5 Å². The lowest BCUT2D eigenvalue weighted by Crippen LogP contribution is -2.30. The van der Waals surface area contributed by atoms with E-state index in [1.54, 1.807) is 6.20 Å². The molecule has 5 heteroatoms. The molecular weight excluding hydrogens is 725 g/mol. The van der Waals surface area contributed by atoms with Gasteiger partial charge in [0.25, 0.3) is 0 Å². The lowest BCUT2D eigenvalue weighted by molar-refractivity contribution is 0.767. The lowest BCUT2D eigenvalue weighted by atomic mass is 9.65. The summed E-state index contributed by atoms with van der Waals surface area (Å²) < 4.78 is 2.62. The molecule has 0 fully saturated rings. The van der Waals surface area contributed by atoms with Crippen LogP contribution in [-0.2, 0) is 5.41 Å². The fraction of sp³-hybridized carbons (Fsp3) is 0.0189. The van der Waals surface area contributed by atoms with Crippen molar-refractivity contribution in [3.63, 3.8) is 0 Å². The van der Waals surface area contributed by atoms with E-state index >= 15 is 0 Å². The smallest absolute Gasteiger partial charge is 0.161 e. The number of pyridine rings is 2. The standard InChI is InChI=1S/C53H32N4S/c1-2-12-35(13-3-1)46-30-47(57-52(56-46)38-24-26-45(55-32-38)37-14-10-28-54-31-37)36-23-22-34-21-20-33-11-4-7-17-41(33)53(44(34)29-36)42-18-8-5-15-39(42)50-43(53)25-27-49-51(50)40-16-6-9-19-48(40)58-49/h1-32H. The molecule has 4 heterocycles. The maximum absolute atomic E-state index is 5.31. The average Bonchev–Trinajstić information content (AvgIpc) is 3.77. The maximum Gasteiger partial charge on any atom is 0.161 e. The van der Waals surface area contributed by atoms with Gasteiger partial charge in [-0.3, -0.25) is 9.97 Å². The van der Waals surface area contributed by atoms with Crippen molar-refractivity contribution in [2.45, 2.75) is 5.41 Å². The molecule has 0 N–H and O–H groups in total. The summed E-state index contributed by atoms with van der Waals surface area (Å²) in [4.78, 5) is 19.6. The van der Waals surface area contributed by atoms with Crippen molar-refractivity contribution in [3.05, 3.63) is 216 Å². The van der Waals surface area contributed by atoms with Crippen LogP contribution in [0.5, 0.6) is 0 Å². The number of hydrogen-bond donors (Lipinski definition) is 0. The second kappa shape index (κ2) is 12.8. The molecule has 12 rings (SSSR count). The van der Waals surface area contributed by atoms with Gasteiger partial charge in [-0.1, -0.05) is 127 Å². The summed E-state index contributed by atoms with van der Waals surface area (Å²) in [7, 11) is 0. The minimum Gasteiger partial charge on any atom is -0.264 e. The van der Waals surface area contributed by atoms with Crippen LogP contribution in [0, 0.1) is 0 Å². The van der Waals surface area contributed by atoms with Crippen LogP contribution in [0.25, 0.3) is 88.6 Å². The second-order valence-electron chi connectivity index (χ2n) is 15.0. The summed E-state index contributed by atoms with van der Waals surface area (Å²) in [5, 5.41) is 2.65. The summed E-state index contributed by atoms with van der Waals surface area (Å²) >= 11 is 1.88. The van der Waals surface area contributed by atoms with Gasteiger partial charge in [0.15, 0.2) is 5.82 Å². The Labute approximate surface area is 339 Å². The van der Waals surface area contributed by atoms with Gasteiger partial charge in [0.2, 0.25) is 0 Å². The predicted molar refractivity (Wildman–Crippen MR) is 238 cm³/mol. The molecule has 10 aromatic rings. The SMILES string of the molecule is C1=Cc2ccc(-c3cc(-c4ccccc4)nc(-c4ccc(-c5cccnc5)nc4)n3)cc2C2(c3ccccc31)c1ccccc1-c1c2ccc2sc3ccccc3c12. The van der Waals surface area contributed by atoms with Gasteiger partial charge in [-0.25, -0.2) is 9.97 Å². The first-order chi connectivity index (χ1) is 28.7. The molecule has 0 radical (unpaired) electrons. The van der Waals surface area contributed by atoms with E-state index < -0.39 is 5.41 Å². The normalized spacial score (nSPS) is 14.9. The fourth-order valence-corrected chi connectivity index (χ4v) is 10.5. The van der Waals surface area contributed by atoms with Gasteiger partial charge >= 0.3 is 0 Å². The first-order valence-corrected chi connectivity index (χ1v) is 20.3. The van der Waals surface area contributed by atoms with E-state index in [9.17, 15) is 0 Å². The molecular formula is C53H32N4S. The molecule has 6 aromatic carbocycles. The number of benzene rings is 6. The molecule has 270 valence electrons. The highest BCUT2D eigenvalue weighted by molar-refractivity contribution is 7.26. The quantitative estimate of drug-likeness (QED) is 0.179. The zero-order valence-corrected chi connectivity index (χ0v) is 32.0. The fourth-order valence-electron chi connectivity index (χ4n) is 9.35. The third-order valence-electron chi connectivity index (χ3n) is 11.9. The van der Waals surface area contributed by atoms with Crippen molar-refractivity contribution in [1.82, 2.24) is 19.9 Å². The van der Waals surface area contributed by atoms with Crippen molar-refractivity contribution in [3.8, 4) is 56.3 Å². The van der Waals surface area contributed by atoms with Gasteiger partial charge in [0.1, 0.15) is 0 Å². The molecule has 0 bridgehead atoms. The van der Waals surface area contributed by atoms with Crippen LogP contribution in [0.2, 0.25) is 0 Å². The zero-order valence-electron chi connectivity index (χ0n) is 31.2. The molecule has 0 saturated heterocycles. The topological polar surface area (TPSA) is 51.6 Å². The third-order valence-corrected chi connectivity index (χ3v) is 13.0. The van der Waals surface area contributed by atoms with E-state index in [1.807, 2.05) is 48.0 Å². The molecule has 58 heavy (non-hydrogen) atoms. The summed E-state index contributed by atoms with van der Waals surface area (Å²) in [5.74, 6) is 0.625. The number of hydrogen-bond acceptors (Lipinski definition) is 5. The monoisotopic (exact) mass is 756 g/mol. The molecule has 0 amide bonds. The first kappa shape index (κ1) is 32.9.